The molecule has 6 heteroatoms. The zero-order valence-corrected chi connectivity index (χ0v) is 9.82. The van der Waals surface area contributed by atoms with Crippen molar-refractivity contribution in [3.8, 4) is 0 Å². The summed E-state index contributed by atoms with van der Waals surface area (Å²) in [7, 11) is 0. The fraction of sp³-hybridized carbons (Fsp3) is 1.00. The SMILES string of the molecule is CC(C)(C)C1CNC(OCC(F)(F)F)CN1. The van der Waals surface area contributed by atoms with E-state index in [-0.39, 0.29) is 11.5 Å². The Kier molecular flexibility index (Phi) is 4.20. The van der Waals surface area contributed by atoms with Crippen LogP contribution < -0.4 is 10.6 Å². The highest BCUT2D eigenvalue weighted by Gasteiger charge is 2.32. The van der Waals surface area contributed by atoms with Crippen molar-refractivity contribution >= 4 is 0 Å². The molecule has 96 valence electrons. The highest BCUT2D eigenvalue weighted by atomic mass is 19.4. The van der Waals surface area contributed by atoms with Gasteiger partial charge in [-0.3, -0.25) is 5.32 Å². The number of hydrogen-bond donors (Lipinski definition) is 2. The van der Waals surface area contributed by atoms with Crippen molar-refractivity contribution in [1.82, 2.24) is 10.6 Å². The third kappa shape index (κ3) is 4.67. The number of ether oxygens (including phenoxy) is 1. The van der Waals surface area contributed by atoms with E-state index in [1.54, 1.807) is 0 Å². The summed E-state index contributed by atoms with van der Waals surface area (Å²) >= 11 is 0. The normalized spacial score (nSPS) is 28.1. The van der Waals surface area contributed by atoms with Gasteiger partial charge >= 0.3 is 6.18 Å². The van der Waals surface area contributed by atoms with Gasteiger partial charge in [0, 0.05) is 19.1 Å². The molecule has 1 fully saturated rings. The molecule has 0 amide bonds. The van der Waals surface area contributed by atoms with Crippen LogP contribution in [-0.2, 0) is 4.74 Å². The highest BCUT2D eigenvalue weighted by molar-refractivity contribution is 4.87. The van der Waals surface area contributed by atoms with Crippen LogP contribution in [0, 0.1) is 5.41 Å². The topological polar surface area (TPSA) is 33.3 Å². The first-order valence-electron chi connectivity index (χ1n) is 5.33. The molecule has 0 bridgehead atoms. The highest BCUT2D eigenvalue weighted by Crippen LogP contribution is 2.21. The molecule has 0 spiro atoms. The van der Waals surface area contributed by atoms with Gasteiger partial charge in [0.2, 0.25) is 0 Å². The molecule has 2 unspecified atom stereocenters. The monoisotopic (exact) mass is 240 g/mol. The van der Waals surface area contributed by atoms with Crippen molar-refractivity contribution in [1.29, 1.82) is 0 Å². The van der Waals surface area contributed by atoms with E-state index in [0.717, 1.165) is 0 Å². The second kappa shape index (κ2) is 4.89. The fourth-order valence-electron chi connectivity index (χ4n) is 1.57. The standard InChI is InChI=1S/C10H19F3N2O/c1-9(2,3)7-4-15-8(5-14-7)16-6-10(11,12)13/h7-8,14-15H,4-6H2,1-3H3. The molecule has 0 aliphatic carbocycles. The number of piperazine rings is 1. The van der Waals surface area contributed by atoms with Crippen molar-refractivity contribution in [2.24, 2.45) is 5.41 Å². The summed E-state index contributed by atoms with van der Waals surface area (Å²) in [6, 6.07) is 0.248. The average Bonchev–Trinajstić information content (AvgIpc) is 2.13. The molecule has 1 rings (SSSR count). The van der Waals surface area contributed by atoms with E-state index in [1.165, 1.54) is 0 Å². The Morgan fingerprint density at radius 1 is 1.12 bits per heavy atom. The minimum absolute atomic E-state index is 0.0853. The van der Waals surface area contributed by atoms with Gasteiger partial charge in [0.25, 0.3) is 0 Å². The van der Waals surface area contributed by atoms with Crippen molar-refractivity contribution in [2.45, 2.75) is 39.2 Å². The Balaban J connectivity index is 2.28. The summed E-state index contributed by atoms with van der Waals surface area (Å²) in [4.78, 5) is 0. The van der Waals surface area contributed by atoms with Crippen molar-refractivity contribution in [3.05, 3.63) is 0 Å². The third-order valence-corrected chi connectivity index (χ3v) is 2.59. The molecule has 1 saturated heterocycles. The van der Waals surface area contributed by atoms with Gasteiger partial charge in [-0.15, -0.1) is 0 Å². The van der Waals surface area contributed by atoms with Crippen molar-refractivity contribution < 1.29 is 17.9 Å². The van der Waals surface area contributed by atoms with Gasteiger partial charge < -0.3 is 10.1 Å². The molecule has 2 atom stereocenters. The summed E-state index contributed by atoms with van der Waals surface area (Å²) < 4.78 is 40.4. The minimum atomic E-state index is -4.26. The predicted octanol–water partition coefficient (Wildman–Crippen LogP) is 1.50. The van der Waals surface area contributed by atoms with Gasteiger partial charge in [0.05, 0.1) is 0 Å². The molecule has 1 aliphatic rings. The minimum Gasteiger partial charge on any atom is -0.353 e. The zero-order chi connectivity index (χ0) is 12.4. The molecule has 0 radical (unpaired) electrons. The molecule has 0 saturated carbocycles. The van der Waals surface area contributed by atoms with E-state index < -0.39 is 19.0 Å². The van der Waals surface area contributed by atoms with E-state index in [1.807, 2.05) is 0 Å². The molecular weight excluding hydrogens is 221 g/mol. The maximum absolute atomic E-state index is 11.9. The molecular formula is C10H19F3N2O. The maximum atomic E-state index is 11.9. The van der Waals surface area contributed by atoms with Crippen LogP contribution in [-0.4, -0.2) is 38.1 Å². The largest absolute Gasteiger partial charge is 0.411 e. The first kappa shape index (κ1) is 13.7. The van der Waals surface area contributed by atoms with Crippen molar-refractivity contribution in [2.75, 3.05) is 19.7 Å². The molecule has 16 heavy (non-hydrogen) atoms. The van der Waals surface area contributed by atoms with Gasteiger partial charge in [-0.25, -0.2) is 0 Å². The number of alkyl halides is 3. The average molecular weight is 240 g/mol. The lowest BCUT2D eigenvalue weighted by atomic mass is 9.86. The Labute approximate surface area is 93.7 Å². The molecule has 1 aliphatic heterocycles. The van der Waals surface area contributed by atoms with E-state index in [9.17, 15) is 13.2 Å². The van der Waals surface area contributed by atoms with Crippen LogP contribution in [0.2, 0.25) is 0 Å². The number of halogens is 3. The van der Waals surface area contributed by atoms with Crippen LogP contribution in [0.1, 0.15) is 20.8 Å². The smallest absolute Gasteiger partial charge is 0.353 e. The number of nitrogens with one attached hydrogen (secondary N) is 2. The Hall–Kier alpha value is -0.330. The van der Waals surface area contributed by atoms with Crippen LogP contribution in [0.4, 0.5) is 13.2 Å². The van der Waals surface area contributed by atoms with Gasteiger partial charge in [-0.05, 0) is 5.41 Å². The Morgan fingerprint density at radius 3 is 2.12 bits per heavy atom. The Morgan fingerprint density at radius 2 is 1.75 bits per heavy atom. The quantitative estimate of drug-likeness (QED) is 0.767. The van der Waals surface area contributed by atoms with Crippen LogP contribution >= 0.6 is 0 Å². The van der Waals surface area contributed by atoms with Crippen molar-refractivity contribution in [3.63, 3.8) is 0 Å². The van der Waals surface area contributed by atoms with Crippen LogP contribution in [0.25, 0.3) is 0 Å². The number of rotatable bonds is 2. The van der Waals surface area contributed by atoms with Gasteiger partial charge in [0.1, 0.15) is 12.8 Å². The molecule has 1 heterocycles. The number of hydrogen-bond acceptors (Lipinski definition) is 3. The van der Waals surface area contributed by atoms with E-state index in [0.29, 0.717) is 13.1 Å². The summed E-state index contributed by atoms with van der Waals surface area (Å²) in [6.07, 6.45) is -4.82. The van der Waals surface area contributed by atoms with Gasteiger partial charge in [-0.2, -0.15) is 13.2 Å². The molecule has 3 nitrogen and oxygen atoms in total. The first-order valence-corrected chi connectivity index (χ1v) is 5.33. The lowest BCUT2D eigenvalue weighted by molar-refractivity contribution is -0.190. The summed E-state index contributed by atoms with van der Waals surface area (Å²) in [5.74, 6) is 0. The molecule has 0 aromatic rings. The second-order valence-electron chi connectivity index (χ2n) is 5.15. The van der Waals surface area contributed by atoms with Crippen LogP contribution in [0.3, 0.4) is 0 Å². The zero-order valence-electron chi connectivity index (χ0n) is 9.82. The fourth-order valence-corrected chi connectivity index (χ4v) is 1.57. The summed E-state index contributed by atoms with van der Waals surface area (Å²) in [6.45, 7) is 6.08. The molecule has 2 N–H and O–H groups in total. The molecule has 0 aromatic heterocycles. The van der Waals surface area contributed by atoms with Crippen LogP contribution in [0.5, 0.6) is 0 Å². The van der Waals surface area contributed by atoms with Gasteiger partial charge in [0.15, 0.2) is 0 Å². The van der Waals surface area contributed by atoms with Gasteiger partial charge in [-0.1, -0.05) is 20.8 Å². The van der Waals surface area contributed by atoms with E-state index in [4.69, 9.17) is 4.74 Å². The summed E-state index contributed by atoms with van der Waals surface area (Å²) in [5.41, 5.74) is 0.0853. The Bertz CT molecular complexity index is 217. The second-order valence-corrected chi connectivity index (χ2v) is 5.15. The maximum Gasteiger partial charge on any atom is 0.411 e. The van der Waals surface area contributed by atoms with Crippen LogP contribution in [0.15, 0.2) is 0 Å². The lowest BCUT2D eigenvalue weighted by Gasteiger charge is -2.38. The summed E-state index contributed by atoms with van der Waals surface area (Å²) in [5, 5.41) is 6.15. The van der Waals surface area contributed by atoms with E-state index >= 15 is 0 Å². The molecule has 0 aromatic carbocycles. The lowest BCUT2D eigenvalue weighted by Crippen LogP contribution is -2.59. The van der Waals surface area contributed by atoms with E-state index in [2.05, 4.69) is 31.4 Å². The first-order chi connectivity index (χ1) is 7.18. The third-order valence-electron chi connectivity index (χ3n) is 2.59. The predicted molar refractivity (Wildman–Crippen MR) is 55.0 cm³/mol.